The van der Waals surface area contributed by atoms with Crippen molar-refractivity contribution in [2.45, 2.75) is 6.10 Å². The number of anilines is 1. The fraction of sp³-hybridized carbons (Fsp3) is 0.136. The second-order valence-corrected chi connectivity index (χ2v) is 7.82. The number of likely N-dealkylation sites (tertiary alicyclic amines) is 1. The van der Waals surface area contributed by atoms with Crippen LogP contribution in [0.2, 0.25) is 5.02 Å². The zero-order chi connectivity index (χ0) is 21.7. The Labute approximate surface area is 181 Å². The number of nitrogens with two attached hydrogens (primary N) is 1. The molecule has 4 aromatic rings. The number of nitrogen functional groups attached to an aromatic ring is 1. The number of aliphatic hydroxyl groups is 1. The number of aliphatic hydroxyl groups excluding tert-OH is 1. The molecule has 3 aromatic heterocycles. The monoisotopic (exact) mass is 437 g/mol. The van der Waals surface area contributed by atoms with Crippen LogP contribution in [0.3, 0.4) is 0 Å². The molecule has 31 heavy (non-hydrogen) atoms. The molecule has 156 valence electrons. The van der Waals surface area contributed by atoms with Crippen molar-refractivity contribution in [3.05, 3.63) is 65.3 Å². The van der Waals surface area contributed by atoms with Crippen LogP contribution in [0, 0.1) is 5.82 Å². The molecule has 1 aliphatic heterocycles. The van der Waals surface area contributed by atoms with E-state index < -0.39 is 6.10 Å². The predicted octanol–water partition coefficient (Wildman–Crippen LogP) is 3.48. The fourth-order valence-electron chi connectivity index (χ4n) is 3.73. The summed E-state index contributed by atoms with van der Waals surface area (Å²) in [4.78, 5) is 25.9. The van der Waals surface area contributed by atoms with Crippen LogP contribution in [0.25, 0.3) is 33.3 Å². The molecule has 0 spiro atoms. The first-order valence-corrected chi connectivity index (χ1v) is 9.95. The molecule has 1 aromatic carbocycles. The number of benzene rings is 1. The number of aromatic amines is 1. The number of hydrogen-bond donors (Lipinski definition) is 3. The molecule has 0 radical (unpaired) electrons. The van der Waals surface area contributed by atoms with Crippen LogP contribution in [0.4, 0.5) is 10.2 Å². The van der Waals surface area contributed by atoms with Gasteiger partial charge in [0, 0.05) is 53.8 Å². The van der Waals surface area contributed by atoms with Crippen LogP contribution in [-0.2, 0) is 0 Å². The molecular formula is C22H17ClFN5O2. The third-order valence-corrected chi connectivity index (χ3v) is 5.78. The van der Waals surface area contributed by atoms with Crippen molar-refractivity contribution in [3.63, 3.8) is 0 Å². The maximum Gasteiger partial charge on any atom is 0.257 e. The summed E-state index contributed by atoms with van der Waals surface area (Å²) in [5.41, 5.74) is 9.24. The summed E-state index contributed by atoms with van der Waals surface area (Å²) in [5, 5.41) is 10.5. The van der Waals surface area contributed by atoms with E-state index in [-0.39, 0.29) is 36.2 Å². The molecule has 4 heterocycles. The topological polar surface area (TPSA) is 108 Å². The largest absolute Gasteiger partial charge is 0.389 e. The smallest absolute Gasteiger partial charge is 0.257 e. The summed E-state index contributed by atoms with van der Waals surface area (Å²) in [6.07, 6.45) is 4.33. The van der Waals surface area contributed by atoms with Gasteiger partial charge in [0.15, 0.2) is 0 Å². The quantitative estimate of drug-likeness (QED) is 0.454. The number of amides is 1. The van der Waals surface area contributed by atoms with E-state index in [0.29, 0.717) is 38.3 Å². The number of nitrogens with zero attached hydrogens (tertiary/aromatic N) is 3. The van der Waals surface area contributed by atoms with E-state index in [9.17, 15) is 14.3 Å². The van der Waals surface area contributed by atoms with Crippen molar-refractivity contribution in [2.75, 3.05) is 18.8 Å². The van der Waals surface area contributed by atoms with E-state index in [0.717, 1.165) is 0 Å². The predicted molar refractivity (Wildman–Crippen MR) is 116 cm³/mol. The molecule has 1 fully saturated rings. The maximum atomic E-state index is 13.8. The number of carbonyl (C=O) groups is 1. The van der Waals surface area contributed by atoms with Crippen molar-refractivity contribution in [3.8, 4) is 22.3 Å². The summed E-state index contributed by atoms with van der Waals surface area (Å²) in [5.74, 6) is -0.555. The summed E-state index contributed by atoms with van der Waals surface area (Å²) in [6, 6.07) is 7.84. The van der Waals surface area contributed by atoms with Gasteiger partial charge in [0.1, 0.15) is 17.3 Å². The molecule has 0 unspecified atom stereocenters. The van der Waals surface area contributed by atoms with Crippen molar-refractivity contribution in [1.82, 2.24) is 19.9 Å². The summed E-state index contributed by atoms with van der Waals surface area (Å²) in [6.45, 7) is 0.522. The van der Waals surface area contributed by atoms with E-state index in [1.165, 1.54) is 23.2 Å². The molecule has 9 heteroatoms. The van der Waals surface area contributed by atoms with Gasteiger partial charge < -0.3 is 20.7 Å². The first-order valence-electron chi connectivity index (χ1n) is 9.57. The lowest BCUT2D eigenvalue weighted by Gasteiger charge is -2.36. The first kappa shape index (κ1) is 19.5. The second kappa shape index (κ2) is 7.33. The lowest BCUT2D eigenvalue weighted by atomic mass is 10.0. The third-order valence-electron chi connectivity index (χ3n) is 5.38. The highest BCUT2D eigenvalue weighted by Gasteiger charge is 2.31. The van der Waals surface area contributed by atoms with Gasteiger partial charge in [-0.25, -0.2) is 14.4 Å². The fourth-order valence-corrected chi connectivity index (χ4v) is 4.08. The number of halogens is 2. The van der Waals surface area contributed by atoms with Crippen molar-refractivity contribution in [2.24, 2.45) is 0 Å². The Morgan fingerprint density at radius 1 is 1.19 bits per heavy atom. The zero-order valence-corrected chi connectivity index (χ0v) is 16.9. The number of H-pyrrole nitrogens is 1. The van der Waals surface area contributed by atoms with Crippen LogP contribution in [-0.4, -0.2) is 50.1 Å². The molecule has 4 N–H and O–H groups in total. The minimum absolute atomic E-state index is 0.0994. The average Bonchev–Trinajstić information content (AvgIpc) is 3.17. The van der Waals surface area contributed by atoms with Crippen LogP contribution < -0.4 is 5.73 Å². The molecule has 0 atom stereocenters. The number of carbonyl (C=O) groups excluding carboxylic acids is 1. The first-order chi connectivity index (χ1) is 14.9. The molecule has 0 bridgehead atoms. The molecule has 1 aliphatic rings. The van der Waals surface area contributed by atoms with Crippen molar-refractivity contribution in [1.29, 1.82) is 0 Å². The Hall–Kier alpha value is -3.49. The second-order valence-electron chi connectivity index (χ2n) is 7.44. The van der Waals surface area contributed by atoms with Gasteiger partial charge in [0.05, 0.1) is 16.7 Å². The minimum Gasteiger partial charge on any atom is -0.389 e. The number of fused-ring (bicyclic) bond motifs is 1. The molecule has 7 nitrogen and oxygen atoms in total. The van der Waals surface area contributed by atoms with Crippen LogP contribution in [0.1, 0.15) is 10.4 Å². The Kier molecular flexibility index (Phi) is 4.60. The van der Waals surface area contributed by atoms with Gasteiger partial charge in [-0.05, 0) is 23.8 Å². The van der Waals surface area contributed by atoms with Gasteiger partial charge in [-0.2, -0.15) is 0 Å². The highest BCUT2D eigenvalue weighted by atomic mass is 35.5. The van der Waals surface area contributed by atoms with Gasteiger partial charge in [0.2, 0.25) is 0 Å². The van der Waals surface area contributed by atoms with Crippen LogP contribution in [0.15, 0.2) is 48.9 Å². The number of hydrogen-bond acceptors (Lipinski definition) is 5. The Morgan fingerprint density at radius 2 is 2.00 bits per heavy atom. The number of nitrogens with one attached hydrogen (secondary N) is 1. The standard InChI is InChI=1S/C22H17ClFN5O2/c23-19-17(12-5-15(20(25)26-6-12)22(31)29-9-14(30)10-29)8-28-21-18(19)16(7-27-21)11-2-1-3-13(24)4-11/h1-8,14,30H,9-10H2,(H2,25,26)(H,27,28). The highest BCUT2D eigenvalue weighted by Crippen LogP contribution is 2.39. The number of β-amino-alcohol motifs (C(OH)–C–C–N with tert-alkyl or cyclic N) is 1. The van der Waals surface area contributed by atoms with Gasteiger partial charge in [-0.3, -0.25) is 4.79 Å². The maximum absolute atomic E-state index is 13.8. The van der Waals surface area contributed by atoms with E-state index >= 15 is 0 Å². The lowest BCUT2D eigenvalue weighted by Crippen LogP contribution is -2.53. The molecule has 1 saturated heterocycles. The van der Waals surface area contributed by atoms with Gasteiger partial charge in [-0.15, -0.1) is 0 Å². The lowest BCUT2D eigenvalue weighted by molar-refractivity contribution is 0.00594. The van der Waals surface area contributed by atoms with Gasteiger partial charge in [0.25, 0.3) is 5.91 Å². The Morgan fingerprint density at radius 3 is 2.74 bits per heavy atom. The highest BCUT2D eigenvalue weighted by molar-refractivity contribution is 6.39. The molecule has 0 aliphatic carbocycles. The van der Waals surface area contributed by atoms with E-state index in [4.69, 9.17) is 17.3 Å². The van der Waals surface area contributed by atoms with Gasteiger partial charge >= 0.3 is 0 Å². The van der Waals surface area contributed by atoms with E-state index in [1.807, 2.05) is 0 Å². The molecular weight excluding hydrogens is 421 g/mol. The van der Waals surface area contributed by atoms with E-state index in [2.05, 4.69) is 15.0 Å². The summed E-state index contributed by atoms with van der Waals surface area (Å²) >= 11 is 6.76. The average molecular weight is 438 g/mol. The molecule has 0 saturated carbocycles. The van der Waals surface area contributed by atoms with E-state index in [1.54, 1.807) is 30.6 Å². The summed E-state index contributed by atoms with van der Waals surface area (Å²) in [7, 11) is 0. The number of pyridine rings is 2. The summed E-state index contributed by atoms with van der Waals surface area (Å²) < 4.78 is 13.8. The van der Waals surface area contributed by atoms with Crippen LogP contribution in [0.5, 0.6) is 0 Å². The molecule has 1 amide bonds. The van der Waals surface area contributed by atoms with Gasteiger partial charge in [-0.1, -0.05) is 23.7 Å². The minimum atomic E-state index is -0.516. The number of aromatic nitrogens is 3. The van der Waals surface area contributed by atoms with Crippen molar-refractivity contribution >= 4 is 34.4 Å². The zero-order valence-electron chi connectivity index (χ0n) is 16.1. The number of rotatable bonds is 3. The Bertz CT molecular complexity index is 1330. The normalized spacial score (nSPS) is 14.1. The SMILES string of the molecule is Nc1ncc(-c2cnc3[nH]cc(-c4cccc(F)c4)c3c2Cl)cc1C(=O)N1CC(O)C1. The van der Waals surface area contributed by atoms with Crippen molar-refractivity contribution < 1.29 is 14.3 Å². The third kappa shape index (κ3) is 3.30. The van der Waals surface area contributed by atoms with Crippen LogP contribution >= 0.6 is 11.6 Å². The Balaban J connectivity index is 1.61. The molecule has 5 rings (SSSR count).